The summed E-state index contributed by atoms with van der Waals surface area (Å²) in [6.45, 7) is 2.11. The number of anilines is 1. The highest BCUT2D eigenvalue weighted by Gasteiger charge is 2.42. The van der Waals surface area contributed by atoms with Gasteiger partial charge in [0.15, 0.2) is 0 Å². The molecule has 114 valence electrons. The molecule has 0 spiro atoms. The number of rotatable bonds is 3. The van der Waals surface area contributed by atoms with Gasteiger partial charge < -0.3 is 20.1 Å². The Kier molecular flexibility index (Phi) is 4.02. The first-order valence-electron chi connectivity index (χ1n) is 6.48. The number of carboxylic acids is 1. The molecular weight excluding hydrogens is 279 g/mol. The maximum Gasteiger partial charge on any atom is 0.321 e. The zero-order valence-electron chi connectivity index (χ0n) is 11.9. The molecule has 0 aromatic heterocycles. The first-order valence-corrected chi connectivity index (χ1v) is 6.48. The van der Waals surface area contributed by atoms with E-state index in [0.717, 1.165) is 0 Å². The van der Waals surface area contributed by atoms with Crippen molar-refractivity contribution in [1.82, 2.24) is 4.90 Å². The number of carbonyl (C=O) groups is 2. The molecule has 1 fully saturated rings. The molecule has 2 rings (SSSR count). The summed E-state index contributed by atoms with van der Waals surface area (Å²) in [7, 11) is 1.38. The highest BCUT2D eigenvalue weighted by Crippen LogP contribution is 2.31. The average molecular weight is 296 g/mol. The molecule has 2 amide bonds. The Morgan fingerprint density at radius 3 is 2.76 bits per heavy atom. The summed E-state index contributed by atoms with van der Waals surface area (Å²) in [5.74, 6) is -1.18. The van der Waals surface area contributed by atoms with Crippen LogP contribution in [0.4, 0.5) is 14.9 Å². The van der Waals surface area contributed by atoms with Gasteiger partial charge in [-0.3, -0.25) is 4.79 Å². The predicted molar refractivity (Wildman–Crippen MR) is 73.9 cm³/mol. The summed E-state index contributed by atoms with van der Waals surface area (Å²) in [5.41, 5.74) is -0.586. The van der Waals surface area contributed by atoms with Crippen molar-refractivity contribution in [1.29, 1.82) is 0 Å². The third-order valence-electron chi connectivity index (χ3n) is 3.68. The van der Waals surface area contributed by atoms with E-state index in [0.29, 0.717) is 18.7 Å². The second-order valence-corrected chi connectivity index (χ2v) is 5.31. The molecule has 21 heavy (non-hydrogen) atoms. The number of urea groups is 1. The number of halogens is 1. The van der Waals surface area contributed by atoms with Crippen LogP contribution >= 0.6 is 0 Å². The Bertz CT molecular complexity index is 578. The molecule has 1 atom stereocenters. The molecule has 6 nitrogen and oxygen atoms in total. The maximum atomic E-state index is 13.1. The standard InChI is InChI=1S/C14H17FN2O4/c1-14(12(18)19)5-6-17(8-14)13(20)16-10-4-3-9(15)7-11(10)21-2/h3-4,7H,5-6,8H2,1-2H3,(H,16,20)(H,18,19). The lowest BCUT2D eigenvalue weighted by molar-refractivity contribution is -0.146. The van der Waals surface area contributed by atoms with Gasteiger partial charge in [-0.25, -0.2) is 9.18 Å². The lowest BCUT2D eigenvalue weighted by atomic mass is 9.90. The zero-order valence-corrected chi connectivity index (χ0v) is 11.9. The highest BCUT2D eigenvalue weighted by atomic mass is 19.1. The fourth-order valence-electron chi connectivity index (χ4n) is 2.27. The fraction of sp³-hybridized carbons (Fsp3) is 0.429. The van der Waals surface area contributed by atoms with Crippen molar-refractivity contribution in [3.8, 4) is 5.75 Å². The van der Waals surface area contributed by atoms with Gasteiger partial charge in [0.1, 0.15) is 11.6 Å². The largest absolute Gasteiger partial charge is 0.494 e. The van der Waals surface area contributed by atoms with Crippen LogP contribution in [0.3, 0.4) is 0 Å². The van der Waals surface area contributed by atoms with E-state index in [1.807, 2.05) is 0 Å². The van der Waals surface area contributed by atoms with E-state index in [-0.39, 0.29) is 12.3 Å². The van der Waals surface area contributed by atoms with Crippen LogP contribution in [0.15, 0.2) is 18.2 Å². The monoisotopic (exact) mass is 296 g/mol. The van der Waals surface area contributed by atoms with E-state index in [9.17, 15) is 14.0 Å². The normalized spacial score (nSPS) is 21.2. The van der Waals surface area contributed by atoms with E-state index in [1.54, 1.807) is 6.92 Å². The van der Waals surface area contributed by atoms with Crippen molar-refractivity contribution in [2.75, 3.05) is 25.5 Å². The van der Waals surface area contributed by atoms with Gasteiger partial charge in [-0.05, 0) is 25.5 Å². The number of likely N-dealkylation sites (tertiary alicyclic amines) is 1. The van der Waals surface area contributed by atoms with Gasteiger partial charge in [0.05, 0.1) is 18.2 Å². The minimum absolute atomic E-state index is 0.137. The molecule has 0 saturated carbocycles. The van der Waals surface area contributed by atoms with E-state index >= 15 is 0 Å². The third-order valence-corrected chi connectivity index (χ3v) is 3.68. The number of benzene rings is 1. The molecule has 0 aliphatic carbocycles. The van der Waals surface area contributed by atoms with Crippen molar-refractivity contribution < 1.29 is 23.8 Å². The summed E-state index contributed by atoms with van der Waals surface area (Å²) in [4.78, 5) is 24.7. The van der Waals surface area contributed by atoms with Crippen molar-refractivity contribution in [3.63, 3.8) is 0 Å². The van der Waals surface area contributed by atoms with Crippen LogP contribution in [-0.4, -0.2) is 42.2 Å². The van der Waals surface area contributed by atoms with Gasteiger partial charge in [-0.2, -0.15) is 0 Å². The van der Waals surface area contributed by atoms with E-state index in [4.69, 9.17) is 9.84 Å². The van der Waals surface area contributed by atoms with E-state index < -0.39 is 23.2 Å². The van der Waals surface area contributed by atoms with Crippen LogP contribution in [0.1, 0.15) is 13.3 Å². The van der Waals surface area contributed by atoms with Gasteiger partial charge in [0.25, 0.3) is 0 Å². The second kappa shape index (κ2) is 5.59. The lowest BCUT2D eigenvalue weighted by Gasteiger charge is -2.21. The number of methoxy groups -OCH3 is 1. The molecule has 1 aromatic rings. The Balaban J connectivity index is 2.08. The molecule has 1 aliphatic heterocycles. The number of hydrogen-bond acceptors (Lipinski definition) is 3. The van der Waals surface area contributed by atoms with Crippen LogP contribution in [0, 0.1) is 11.2 Å². The minimum Gasteiger partial charge on any atom is -0.494 e. The van der Waals surface area contributed by atoms with Gasteiger partial charge in [-0.1, -0.05) is 0 Å². The molecule has 1 heterocycles. The van der Waals surface area contributed by atoms with Crippen molar-refractivity contribution in [2.24, 2.45) is 5.41 Å². The Morgan fingerprint density at radius 2 is 2.19 bits per heavy atom. The molecule has 1 aromatic carbocycles. The SMILES string of the molecule is COc1cc(F)ccc1NC(=O)N1CCC(C)(C(=O)O)C1. The summed E-state index contributed by atoms with van der Waals surface area (Å²) in [5, 5.41) is 11.8. The third kappa shape index (κ3) is 3.07. The topological polar surface area (TPSA) is 78.9 Å². The fourth-order valence-corrected chi connectivity index (χ4v) is 2.27. The first kappa shape index (κ1) is 15.1. The van der Waals surface area contributed by atoms with E-state index in [1.165, 1.54) is 30.2 Å². The molecule has 7 heteroatoms. The van der Waals surface area contributed by atoms with E-state index in [2.05, 4.69) is 5.32 Å². The molecular formula is C14H17FN2O4. The number of nitrogens with zero attached hydrogens (tertiary/aromatic N) is 1. The number of nitrogens with one attached hydrogen (secondary N) is 1. The second-order valence-electron chi connectivity index (χ2n) is 5.31. The van der Waals surface area contributed by atoms with Crippen molar-refractivity contribution in [2.45, 2.75) is 13.3 Å². The van der Waals surface area contributed by atoms with Crippen LogP contribution in [0.25, 0.3) is 0 Å². The smallest absolute Gasteiger partial charge is 0.321 e. The van der Waals surface area contributed by atoms with Gasteiger partial charge in [0.2, 0.25) is 0 Å². The number of aliphatic carboxylic acids is 1. The predicted octanol–water partition coefficient (Wildman–Crippen LogP) is 2.16. The van der Waals surface area contributed by atoms with Crippen LogP contribution in [0.2, 0.25) is 0 Å². The summed E-state index contributed by atoms with van der Waals surface area (Å²) in [6, 6.07) is 3.35. The number of ether oxygens (including phenoxy) is 1. The number of carbonyl (C=O) groups excluding carboxylic acids is 1. The Morgan fingerprint density at radius 1 is 1.48 bits per heavy atom. The molecule has 1 unspecified atom stereocenters. The highest BCUT2D eigenvalue weighted by molar-refractivity contribution is 5.91. The van der Waals surface area contributed by atoms with Crippen LogP contribution in [-0.2, 0) is 4.79 Å². The van der Waals surface area contributed by atoms with Gasteiger partial charge in [-0.15, -0.1) is 0 Å². The average Bonchev–Trinajstić information content (AvgIpc) is 2.85. The summed E-state index contributed by atoms with van der Waals surface area (Å²) >= 11 is 0. The first-order chi connectivity index (χ1) is 9.85. The van der Waals surface area contributed by atoms with Crippen molar-refractivity contribution in [3.05, 3.63) is 24.0 Å². The zero-order chi connectivity index (χ0) is 15.6. The summed E-state index contributed by atoms with van der Waals surface area (Å²) < 4.78 is 18.1. The summed E-state index contributed by atoms with van der Waals surface area (Å²) in [6.07, 6.45) is 0.399. The Hall–Kier alpha value is -2.31. The Labute approximate surface area is 121 Å². The number of carboxylic acid groups (broad SMARTS) is 1. The maximum absolute atomic E-state index is 13.1. The minimum atomic E-state index is -0.926. The number of hydrogen-bond donors (Lipinski definition) is 2. The van der Waals surface area contributed by atoms with Gasteiger partial charge >= 0.3 is 12.0 Å². The molecule has 0 bridgehead atoms. The molecule has 0 radical (unpaired) electrons. The van der Waals surface area contributed by atoms with Crippen molar-refractivity contribution >= 4 is 17.7 Å². The van der Waals surface area contributed by atoms with Crippen LogP contribution < -0.4 is 10.1 Å². The lowest BCUT2D eigenvalue weighted by Crippen LogP contribution is -2.37. The van der Waals surface area contributed by atoms with Gasteiger partial charge in [0, 0.05) is 19.2 Å². The quantitative estimate of drug-likeness (QED) is 0.896. The number of amides is 2. The van der Waals surface area contributed by atoms with Crippen LogP contribution in [0.5, 0.6) is 5.75 Å². The molecule has 1 aliphatic rings. The molecule has 2 N–H and O–H groups in total. The molecule has 1 saturated heterocycles.